The summed E-state index contributed by atoms with van der Waals surface area (Å²) in [4.78, 5) is 31.6. The molecule has 0 aromatic heterocycles. The number of nitrogens with two attached hydrogens (primary N) is 1. The highest BCUT2D eigenvalue weighted by molar-refractivity contribution is 5.83. The van der Waals surface area contributed by atoms with Gasteiger partial charge in [-0.3, -0.25) is 35.4 Å². The van der Waals surface area contributed by atoms with Crippen LogP contribution in [0.2, 0.25) is 0 Å². The van der Waals surface area contributed by atoms with Crippen molar-refractivity contribution in [2.24, 2.45) is 11.7 Å². The molecule has 11 heteroatoms. The number of hydrogen-bond donors (Lipinski definition) is 6. The SMILES string of the molecule is CC(C)(C(N)=O)N1CCN(c2ccc(NC3NC(N4CCCCCC4)NC4CNNC(=O)C43)cc2)CC1. The van der Waals surface area contributed by atoms with E-state index in [4.69, 9.17) is 5.73 Å². The van der Waals surface area contributed by atoms with Gasteiger partial charge in [-0.15, -0.1) is 0 Å². The van der Waals surface area contributed by atoms with Gasteiger partial charge in [-0.1, -0.05) is 12.8 Å². The molecule has 4 saturated heterocycles. The van der Waals surface area contributed by atoms with E-state index >= 15 is 0 Å². The van der Waals surface area contributed by atoms with E-state index in [2.05, 4.69) is 65.8 Å². The lowest BCUT2D eigenvalue weighted by molar-refractivity contribution is -0.132. The number of hydrazine groups is 1. The zero-order valence-corrected chi connectivity index (χ0v) is 22.1. The number of carbonyl (C=O) groups is 2. The molecule has 4 fully saturated rings. The first-order chi connectivity index (χ1) is 17.8. The Kier molecular flexibility index (Phi) is 7.87. The Labute approximate surface area is 219 Å². The number of carbonyl (C=O) groups excluding carboxylic acids is 2. The van der Waals surface area contributed by atoms with Crippen molar-refractivity contribution in [1.29, 1.82) is 0 Å². The van der Waals surface area contributed by atoms with Gasteiger partial charge in [0.1, 0.15) is 6.29 Å². The summed E-state index contributed by atoms with van der Waals surface area (Å²) in [5, 5.41) is 11.0. The van der Waals surface area contributed by atoms with E-state index in [1.54, 1.807) is 0 Å². The third-order valence-corrected chi connectivity index (χ3v) is 8.57. The molecular formula is C26H43N9O2. The molecule has 37 heavy (non-hydrogen) atoms. The molecule has 7 N–H and O–H groups in total. The van der Waals surface area contributed by atoms with Crippen molar-refractivity contribution in [2.45, 2.75) is 63.6 Å². The lowest BCUT2D eigenvalue weighted by atomic mass is 9.91. The molecule has 2 amide bonds. The molecule has 0 radical (unpaired) electrons. The first kappa shape index (κ1) is 26.2. The Morgan fingerprint density at radius 3 is 2.30 bits per heavy atom. The fourth-order valence-electron chi connectivity index (χ4n) is 6.04. The fraction of sp³-hybridized carbons (Fsp3) is 0.692. The number of fused-ring (bicyclic) bond motifs is 1. The number of hydrogen-bond acceptors (Lipinski definition) is 9. The van der Waals surface area contributed by atoms with Gasteiger partial charge >= 0.3 is 0 Å². The molecule has 0 spiro atoms. The van der Waals surface area contributed by atoms with Crippen molar-refractivity contribution in [3.05, 3.63) is 24.3 Å². The first-order valence-corrected chi connectivity index (χ1v) is 13.8. The van der Waals surface area contributed by atoms with Crippen LogP contribution in [0.4, 0.5) is 11.4 Å². The van der Waals surface area contributed by atoms with Gasteiger partial charge in [0.2, 0.25) is 11.8 Å². The molecular weight excluding hydrogens is 470 g/mol. The van der Waals surface area contributed by atoms with E-state index in [0.717, 1.165) is 50.6 Å². The number of primary amides is 1. The molecule has 0 bridgehead atoms. The highest BCUT2D eigenvalue weighted by Gasteiger charge is 2.45. The van der Waals surface area contributed by atoms with Crippen LogP contribution in [-0.2, 0) is 9.59 Å². The minimum Gasteiger partial charge on any atom is -0.369 e. The summed E-state index contributed by atoms with van der Waals surface area (Å²) in [5.41, 5.74) is 13.0. The van der Waals surface area contributed by atoms with E-state index in [9.17, 15) is 9.59 Å². The summed E-state index contributed by atoms with van der Waals surface area (Å²) in [6.07, 6.45) is 4.83. The van der Waals surface area contributed by atoms with Crippen molar-refractivity contribution < 1.29 is 9.59 Å². The van der Waals surface area contributed by atoms with Gasteiger partial charge in [0, 0.05) is 63.2 Å². The second-order valence-corrected chi connectivity index (χ2v) is 11.3. The number of rotatable bonds is 6. The van der Waals surface area contributed by atoms with Crippen molar-refractivity contribution in [2.75, 3.05) is 56.0 Å². The molecule has 0 saturated carbocycles. The lowest BCUT2D eigenvalue weighted by Crippen LogP contribution is -2.76. The monoisotopic (exact) mass is 513 g/mol. The van der Waals surface area contributed by atoms with E-state index in [1.165, 1.54) is 25.7 Å². The van der Waals surface area contributed by atoms with Crippen LogP contribution in [0.15, 0.2) is 24.3 Å². The number of amides is 2. The topological polar surface area (TPSA) is 130 Å². The highest BCUT2D eigenvalue weighted by Crippen LogP contribution is 2.26. The Balaban J connectivity index is 1.24. The zero-order valence-electron chi connectivity index (χ0n) is 22.1. The van der Waals surface area contributed by atoms with E-state index in [1.807, 2.05) is 13.8 Å². The maximum absolute atomic E-state index is 12.8. The van der Waals surface area contributed by atoms with E-state index in [0.29, 0.717) is 6.54 Å². The van der Waals surface area contributed by atoms with Crippen LogP contribution < -0.4 is 37.4 Å². The molecule has 4 heterocycles. The molecule has 5 rings (SSSR count). The standard InChI is InChI=1S/C26H43N9O2/c1-26(2,24(27)37)35-15-13-33(14-16-35)19-9-7-18(8-10-19)29-22-21-20(17-28-32-23(21)36)30-25(31-22)34-11-5-3-4-6-12-34/h7-10,20-22,25,28-31H,3-6,11-17H2,1-2H3,(H2,27,37)(H,32,36). The molecule has 11 nitrogen and oxygen atoms in total. The Bertz CT molecular complexity index is 940. The predicted molar refractivity (Wildman–Crippen MR) is 144 cm³/mol. The molecule has 4 aliphatic heterocycles. The van der Waals surface area contributed by atoms with Crippen molar-refractivity contribution in [3.63, 3.8) is 0 Å². The average molecular weight is 514 g/mol. The number of benzene rings is 1. The van der Waals surface area contributed by atoms with E-state index < -0.39 is 5.54 Å². The van der Waals surface area contributed by atoms with Crippen LogP contribution in [0.3, 0.4) is 0 Å². The van der Waals surface area contributed by atoms with Gasteiger partial charge in [0.25, 0.3) is 0 Å². The van der Waals surface area contributed by atoms with Crippen LogP contribution in [0.25, 0.3) is 0 Å². The van der Waals surface area contributed by atoms with Crippen LogP contribution in [-0.4, -0.2) is 91.5 Å². The summed E-state index contributed by atoms with van der Waals surface area (Å²) in [6, 6.07) is 8.48. The molecule has 204 valence electrons. The minimum atomic E-state index is -0.633. The van der Waals surface area contributed by atoms with Crippen LogP contribution in [0, 0.1) is 5.92 Å². The summed E-state index contributed by atoms with van der Waals surface area (Å²) in [5.74, 6) is -0.520. The molecule has 4 aliphatic rings. The molecule has 1 aromatic carbocycles. The van der Waals surface area contributed by atoms with Crippen LogP contribution >= 0.6 is 0 Å². The number of piperazine rings is 1. The summed E-state index contributed by atoms with van der Waals surface area (Å²) in [6.45, 7) is 9.87. The number of anilines is 2. The summed E-state index contributed by atoms with van der Waals surface area (Å²) >= 11 is 0. The molecule has 1 aromatic rings. The van der Waals surface area contributed by atoms with E-state index in [-0.39, 0.29) is 36.2 Å². The number of nitrogens with zero attached hydrogens (tertiary/aromatic N) is 3. The van der Waals surface area contributed by atoms with Gasteiger partial charge in [-0.05, 0) is 51.0 Å². The second-order valence-electron chi connectivity index (χ2n) is 11.3. The Hall–Kier alpha value is -2.44. The smallest absolute Gasteiger partial charge is 0.242 e. The molecule has 0 aliphatic carbocycles. The van der Waals surface area contributed by atoms with Crippen LogP contribution in [0.5, 0.6) is 0 Å². The maximum atomic E-state index is 12.8. The number of likely N-dealkylation sites (tertiary alicyclic amines) is 1. The lowest BCUT2D eigenvalue weighted by Gasteiger charge is -2.48. The van der Waals surface area contributed by atoms with Gasteiger partial charge in [-0.2, -0.15) is 0 Å². The zero-order chi connectivity index (χ0) is 26.0. The third-order valence-electron chi connectivity index (χ3n) is 8.57. The summed E-state index contributed by atoms with van der Waals surface area (Å²) < 4.78 is 0. The number of nitrogens with one attached hydrogen (secondary N) is 5. The fourth-order valence-corrected chi connectivity index (χ4v) is 6.04. The largest absolute Gasteiger partial charge is 0.369 e. The predicted octanol–water partition coefficient (Wildman–Crippen LogP) is -0.218. The summed E-state index contributed by atoms with van der Waals surface area (Å²) in [7, 11) is 0. The Morgan fingerprint density at radius 2 is 1.65 bits per heavy atom. The normalized spacial score (nSPS) is 30.2. The Morgan fingerprint density at radius 1 is 0.973 bits per heavy atom. The van der Waals surface area contributed by atoms with Gasteiger partial charge in [0.15, 0.2) is 0 Å². The van der Waals surface area contributed by atoms with Crippen molar-refractivity contribution in [1.82, 2.24) is 31.3 Å². The molecule has 4 atom stereocenters. The average Bonchev–Trinajstić information content (AvgIpc) is 3.19. The van der Waals surface area contributed by atoms with Crippen molar-refractivity contribution in [3.8, 4) is 0 Å². The third kappa shape index (κ3) is 5.70. The minimum absolute atomic E-state index is 0.00329. The quantitative estimate of drug-likeness (QED) is 0.306. The second kappa shape index (κ2) is 11.1. The first-order valence-electron chi connectivity index (χ1n) is 13.8. The van der Waals surface area contributed by atoms with Gasteiger partial charge in [-0.25, -0.2) is 5.43 Å². The highest BCUT2D eigenvalue weighted by atomic mass is 16.2. The van der Waals surface area contributed by atoms with Crippen LogP contribution in [0.1, 0.15) is 39.5 Å². The van der Waals surface area contributed by atoms with Gasteiger partial charge < -0.3 is 16.0 Å². The van der Waals surface area contributed by atoms with Crippen molar-refractivity contribution >= 4 is 23.2 Å². The molecule has 4 unspecified atom stereocenters. The maximum Gasteiger partial charge on any atom is 0.242 e. The van der Waals surface area contributed by atoms with Gasteiger partial charge in [0.05, 0.1) is 17.6 Å².